The highest BCUT2D eigenvalue weighted by Crippen LogP contribution is 2.34. The molecule has 1 heterocycles. The molecular weight excluding hydrogens is 454 g/mol. The number of aryl methyl sites for hydroxylation is 1. The zero-order valence-corrected chi connectivity index (χ0v) is 18.3. The molecule has 166 valence electrons. The number of benzene rings is 3. The van der Waals surface area contributed by atoms with E-state index >= 15 is 0 Å². The van der Waals surface area contributed by atoms with Gasteiger partial charge in [0.05, 0.1) is 26.1 Å². The molecule has 1 aliphatic rings. The van der Waals surface area contributed by atoms with Gasteiger partial charge in [-0.25, -0.2) is 16.8 Å². The van der Waals surface area contributed by atoms with Crippen LogP contribution < -0.4 is 9.03 Å². The molecule has 0 bridgehead atoms. The van der Waals surface area contributed by atoms with Crippen molar-refractivity contribution in [2.24, 2.45) is 0 Å². The fraction of sp³-hybridized carbons (Fsp3) is 0.143. The lowest BCUT2D eigenvalue weighted by molar-refractivity contribution is -0.385. The lowest BCUT2D eigenvalue weighted by atomic mass is 10.0. The molecule has 0 spiro atoms. The standard InChI is InChI=1S/C21H19N3O6S2/c25-24(26)18-7-4-10-20(15-18)31(27,28)22-17-12-11-16-6-5-13-23(21(16)14-17)32(29,30)19-8-2-1-3-9-19/h1-4,7-12,14-15,22H,5-6,13H2. The van der Waals surface area contributed by atoms with E-state index in [1.807, 2.05) is 0 Å². The van der Waals surface area contributed by atoms with Crippen molar-refractivity contribution in [1.29, 1.82) is 0 Å². The van der Waals surface area contributed by atoms with Gasteiger partial charge in [0.2, 0.25) is 0 Å². The molecule has 0 aromatic heterocycles. The summed E-state index contributed by atoms with van der Waals surface area (Å²) in [6.45, 7) is 0.269. The van der Waals surface area contributed by atoms with Gasteiger partial charge < -0.3 is 0 Å². The first-order valence-electron chi connectivity index (χ1n) is 9.66. The van der Waals surface area contributed by atoms with E-state index in [-0.39, 0.29) is 27.7 Å². The number of hydrogen-bond donors (Lipinski definition) is 1. The van der Waals surface area contributed by atoms with E-state index in [2.05, 4.69) is 4.72 Å². The van der Waals surface area contributed by atoms with Crippen LogP contribution in [-0.4, -0.2) is 28.3 Å². The number of non-ortho nitro benzene ring substituents is 1. The van der Waals surface area contributed by atoms with Gasteiger partial charge in [-0.2, -0.15) is 0 Å². The van der Waals surface area contributed by atoms with Crippen molar-refractivity contribution in [3.8, 4) is 0 Å². The summed E-state index contributed by atoms with van der Waals surface area (Å²) in [4.78, 5) is 10.2. The number of rotatable bonds is 6. The Morgan fingerprint density at radius 3 is 2.31 bits per heavy atom. The van der Waals surface area contributed by atoms with Gasteiger partial charge in [0.1, 0.15) is 0 Å². The van der Waals surface area contributed by atoms with Crippen molar-refractivity contribution in [2.75, 3.05) is 15.6 Å². The van der Waals surface area contributed by atoms with Gasteiger partial charge in [0, 0.05) is 18.7 Å². The predicted octanol–water partition coefficient (Wildman–Crippen LogP) is 3.54. The molecule has 0 saturated carbocycles. The van der Waals surface area contributed by atoms with E-state index in [0.29, 0.717) is 18.5 Å². The monoisotopic (exact) mass is 473 g/mol. The van der Waals surface area contributed by atoms with Crippen molar-refractivity contribution in [1.82, 2.24) is 0 Å². The highest BCUT2D eigenvalue weighted by molar-refractivity contribution is 7.93. The number of nitrogens with zero attached hydrogens (tertiary/aromatic N) is 2. The van der Waals surface area contributed by atoms with Crippen LogP contribution in [0.25, 0.3) is 0 Å². The molecule has 32 heavy (non-hydrogen) atoms. The van der Waals surface area contributed by atoms with Crippen LogP contribution in [0.5, 0.6) is 0 Å². The number of anilines is 2. The van der Waals surface area contributed by atoms with E-state index in [4.69, 9.17) is 0 Å². The van der Waals surface area contributed by atoms with Gasteiger partial charge in [-0.05, 0) is 48.7 Å². The van der Waals surface area contributed by atoms with Crippen molar-refractivity contribution in [2.45, 2.75) is 22.6 Å². The van der Waals surface area contributed by atoms with Crippen molar-refractivity contribution >= 4 is 37.1 Å². The summed E-state index contributed by atoms with van der Waals surface area (Å²) >= 11 is 0. The first-order valence-corrected chi connectivity index (χ1v) is 12.6. The van der Waals surface area contributed by atoms with Gasteiger partial charge >= 0.3 is 0 Å². The highest BCUT2D eigenvalue weighted by Gasteiger charge is 2.29. The summed E-state index contributed by atoms with van der Waals surface area (Å²) < 4.78 is 55.6. The fourth-order valence-electron chi connectivity index (χ4n) is 3.55. The molecule has 1 N–H and O–H groups in total. The Morgan fingerprint density at radius 2 is 1.59 bits per heavy atom. The SMILES string of the molecule is O=[N+]([O-])c1cccc(S(=O)(=O)Nc2ccc3c(c2)N(S(=O)(=O)c2ccccc2)CCC3)c1. The molecule has 3 aromatic rings. The van der Waals surface area contributed by atoms with Crippen LogP contribution in [0, 0.1) is 10.1 Å². The smallest absolute Gasteiger partial charge is 0.270 e. The minimum atomic E-state index is -4.12. The van der Waals surface area contributed by atoms with Crippen molar-refractivity contribution in [3.05, 3.63) is 88.5 Å². The summed E-state index contributed by atoms with van der Waals surface area (Å²) in [7, 11) is -7.95. The van der Waals surface area contributed by atoms with Crippen LogP contribution in [0.2, 0.25) is 0 Å². The average Bonchev–Trinajstić information content (AvgIpc) is 2.79. The Labute approximate surface area is 185 Å². The molecule has 0 atom stereocenters. The van der Waals surface area contributed by atoms with E-state index in [1.54, 1.807) is 30.3 Å². The largest absolute Gasteiger partial charge is 0.280 e. The summed E-state index contributed by atoms with van der Waals surface area (Å²) in [5.41, 5.74) is 0.997. The van der Waals surface area contributed by atoms with E-state index in [0.717, 1.165) is 11.6 Å². The lowest BCUT2D eigenvalue weighted by Crippen LogP contribution is -2.35. The van der Waals surface area contributed by atoms with Crippen LogP contribution in [0.1, 0.15) is 12.0 Å². The highest BCUT2D eigenvalue weighted by atomic mass is 32.2. The van der Waals surface area contributed by atoms with Crippen LogP contribution in [-0.2, 0) is 26.5 Å². The maximum Gasteiger partial charge on any atom is 0.270 e. The number of fused-ring (bicyclic) bond motifs is 1. The van der Waals surface area contributed by atoms with Gasteiger partial charge in [-0.15, -0.1) is 0 Å². The Bertz CT molecular complexity index is 1390. The number of sulfonamides is 2. The van der Waals surface area contributed by atoms with E-state index < -0.39 is 25.0 Å². The second-order valence-electron chi connectivity index (χ2n) is 7.20. The minimum Gasteiger partial charge on any atom is -0.280 e. The first kappa shape index (κ1) is 21.8. The summed E-state index contributed by atoms with van der Waals surface area (Å²) in [6, 6.07) is 17.4. The summed E-state index contributed by atoms with van der Waals surface area (Å²) in [5.74, 6) is 0. The number of nitro benzene ring substituents is 1. The number of nitro groups is 1. The van der Waals surface area contributed by atoms with Crippen LogP contribution in [0.4, 0.5) is 17.1 Å². The van der Waals surface area contributed by atoms with Crippen LogP contribution >= 0.6 is 0 Å². The molecule has 0 amide bonds. The molecule has 0 aliphatic carbocycles. The Hall–Kier alpha value is -3.44. The molecule has 0 radical (unpaired) electrons. The topological polar surface area (TPSA) is 127 Å². The second-order valence-corrected chi connectivity index (χ2v) is 10.7. The quantitative estimate of drug-likeness (QED) is 0.431. The van der Waals surface area contributed by atoms with Crippen LogP contribution in [0.3, 0.4) is 0 Å². The third kappa shape index (κ3) is 4.16. The zero-order chi connectivity index (χ0) is 22.9. The van der Waals surface area contributed by atoms with E-state index in [1.165, 1.54) is 40.7 Å². The van der Waals surface area contributed by atoms with Gasteiger partial charge in [-0.1, -0.05) is 30.3 Å². The number of nitrogens with one attached hydrogen (secondary N) is 1. The Kier molecular flexibility index (Phi) is 5.61. The molecule has 11 heteroatoms. The molecule has 0 fully saturated rings. The zero-order valence-electron chi connectivity index (χ0n) is 16.7. The third-order valence-corrected chi connectivity index (χ3v) is 8.29. The van der Waals surface area contributed by atoms with Crippen LogP contribution in [0.15, 0.2) is 82.6 Å². The predicted molar refractivity (Wildman–Crippen MR) is 120 cm³/mol. The Morgan fingerprint density at radius 1 is 0.875 bits per heavy atom. The average molecular weight is 474 g/mol. The maximum atomic E-state index is 13.2. The summed E-state index contributed by atoms with van der Waals surface area (Å²) in [6.07, 6.45) is 1.30. The van der Waals surface area contributed by atoms with Crippen molar-refractivity contribution < 1.29 is 21.8 Å². The van der Waals surface area contributed by atoms with Gasteiger partial charge in [-0.3, -0.25) is 19.1 Å². The lowest BCUT2D eigenvalue weighted by Gasteiger charge is -2.31. The molecule has 0 unspecified atom stereocenters. The minimum absolute atomic E-state index is 0.149. The molecule has 1 aliphatic heterocycles. The third-order valence-electron chi connectivity index (χ3n) is 5.08. The molecule has 0 saturated heterocycles. The maximum absolute atomic E-state index is 13.2. The fourth-order valence-corrected chi connectivity index (χ4v) is 6.19. The number of hydrogen-bond acceptors (Lipinski definition) is 6. The summed E-state index contributed by atoms with van der Waals surface area (Å²) in [5, 5.41) is 11.0. The molecule has 4 rings (SSSR count). The molecule has 9 nitrogen and oxygen atoms in total. The van der Waals surface area contributed by atoms with E-state index in [9.17, 15) is 26.9 Å². The Balaban J connectivity index is 1.70. The normalized spacial score (nSPS) is 13.9. The molecular formula is C21H19N3O6S2. The van der Waals surface area contributed by atoms with Crippen molar-refractivity contribution in [3.63, 3.8) is 0 Å². The van der Waals surface area contributed by atoms with Gasteiger partial charge in [0.15, 0.2) is 0 Å². The van der Waals surface area contributed by atoms with Gasteiger partial charge in [0.25, 0.3) is 25.7 Å². The second kappa shape index (κ2) is 8.24. The first-order chi connectivity index (χ1) is 15.2. The molecule has 3 aromatic carbocycles.